The highest BCUT2D eigenvalue weighted by atomic mass is 16.5. The van der Waals surface area contributed by atoms with Gasteiger partial charge in [0.2, 0.25) is 0 Å². The summed E-state index contributed by atoms with van der Waals surface area (Å²) in [6.45, 7) is 0.907. The Labute approximate surface area is 203 Å². The molecule has 0 saturated carbocycles. The van der Waals surface area contributed by atoms with Crippen LogP contribution < -0.4 is 24.3 Å². The molecule has 0 aliphatic heterocycles. The standard InChI is InChI=1S/C29H35NO4/c1-31-23-9-5-20(6-10-23)17-26-25-12-11-24(32-2)19-22(25)8-13-27(26)30-16-15-21-7-14-28(33-3)29(18-21)34-4/h5-7,9-12,14,18-19,26-27,30H,8,13,15-17H2,1-4H3. The zero-order chi connectivity index (χ0) is 23.9. The Balaban J connectivity index is 1.50. The molecule has 1 aliphatic rings. The van der Waals surface area contributed by atoms with Crippen molar-refractivity contribution >= 4 is 0 Å². The minimum atomic E-state index is 0.397. The van der Waals surface area contributed by atoms with Crippen molar-refractivity contribution in [3.05, 3.63) is 82.9 Å². The van der Waals surface area contributed by atoms with Crippen LogP contribution in [0.5, 0.6) is 23.0 Å². The van der Waals surface area contributed by atoms with Crippen LogP contribution in [0.15, 0.2) is 60.7 Å². The maximum atomic E-state index is 5.49. The van der Waals surface area contributed by atoms with Gasteiger partial charge in [0.05, 0.1) is 28.4 Å². The van der Waals surface area contributed by atoms with Crippen molar-refractivity contribution in [2.24, 2.45) is 0 Å². The van der Waals surface area contributed by atoms with E-state index in [-0.39, 0.29) is 0 Å². The third kappa shape index (κ3) is 5.48. The third-order valence-electron chi connectivity index (χ3n) is 6.84. The average molecular weight is 462 g/mol. The molecule has 0 spiro atoms. The number of hydrogen-bond donors (Lipinski definition) is 1. The van der Waals surface area contributed by atoms with E-state index in [4.69, 9.17) is 18.9 Å². The summed E-state index contributed by atoms with van der Waals surface area (Å²) in [7, 11) is 6.78. The molecule has 5 heteroatoms. The van der Waals surface area contributed by atoms with E-state index in [1.807, 2.05) is 18.2 Å². The van der Waals surface area contributed by atoms with Crippen LogP contribution in [-0.2, 0) is 19.3 Å². The summed E-state index contributed by atoms with van der Waals surface area (Å²) in [5, 5.41) is 3.87. The van der Waals surface area contributed by atoms with Crippen LogP contribution in [0.1, 0.15) is 34.6 Å². The van der Waals surface area contributed by atoms with Crippen LogP contribution >= 0.6 is 0 Å². The monoisotopic (exact) mass is 461 g/mol. The molecule has 34 heavy (non-hydrogen) atoms. The number of ether oxygens (including phenoxy) is 4. The lowest BCUT2D eigenvalue weighted by Gasteiger charge is -2.35. The second-order valence-electron chi connectivity index (χ2n) is 8.76. The summed E-state index contributed by atoms with van der Waals surface area (Å²) in [4.78, 5) is 0. The first-order valence-electron chi connectivity index (χ1n) is 11.9. The molecule has 1 N–H and O–H groups in total. The SMILES string of the molecule is COc1ccc(CC2c3ccc(OC)cc3CCC2NCCc2ccc(OC)c(OC)c2)cc1. The van der Waals surface area contributed by atoms with Gasteiger partial charge < -0.3 is 24.3 Å². The second kappa shape index (κ2) is 11.3. The number of benzene rings is 3. The molecule has 0 amide bonds. The molecule has 5 nitrogen and oxygen atoms in total. The Hall–Kier alpha value is -3.18. The van der Waals surface area contributed by atoms with Crippen LogP contribution in [0, 0.1) is 0 Å². The van der Waals surface area contributed by atoms with Gasteiger partial charge in [-0.05, 0) is 90.9 Å². The number of methoxy groups -OCH3 is 4. The van der Waals surface area contributed by atoms with Crippen LogP contribution in [0.25, 0.3) is 0 Å². The maximum absolute atomic E-state index is 5.49. The predicted octanol–water partition coefficient (Wildman–Crippen LogP) is 5.19. The first-order chi connectivity index (χ1) is 16.6. The Morgan fingerprint density at radius 1 is 0.735 bits per heavy atom. The molecule has 0 bridgehead atoms. The van der Waals surface area contributed by atoms with Gasteiger partial charge in [0.1, 0.15) is 11.5 Å². The van der Waals surface area contributed by atoms with Gasteiger partial charge in [-0.3, -0.25) is 0 Å². The fourth-order valence-electron chi connectivity index (χ4n) is 4.97. The van der Waals surface area contributed by atoms with E-state index in [9.17, 15) is 0 Å². The lowest BCUT2D eigenvalue weighted by molar-refractivity contribution is 0.354. The lowest BCUT2D eigenvalue weighted by Crippen LogP contribution is -2.40. The van der Waals surface area contributed by atoms with Crippen molar-refractivity contribution in [3.63, 3.8) is 0 Å². The van der Waals surface area contributed by atoms with Gasteiger partial charge in [0.25, 0.3) is 0 Å². The summed E-state index contributed by atoms with van der Waals surface area (Å²) < 4.78 is 21.7. The van der Waals surface area contributed by atoms with E-state index in [1.54, 1.807) is 28.4 Å². The smallest absolute Gasteiger partial charge is 0.160 e. The first-order valence-corrected chi connectivity index (χ1v) is 11.9. The summed E-state index contributed by atoms with van der Waals surface area (Å²) in [5.41, 5.74) is 5.38. The average Bonchev–Trinajstić information content (AvgIpc) is 2.89. The van der Waals surface area contributed by atoms with Crippen LogP contribution in [0.2, 0.25) is 0 Å². The number of hydrogen-bond acceptors (Lipinski definition) is 5. The van der Waals surface area contributed by atoms with Crippen molar-refractivity contribution in [1.29, 1.82) is 0 Å². The van der Waals surface area contributed by atoms with E-state index in [1.165, 1.54) is 22.3 Å². The van der Waals surface area contributed by atoms with Crippen molar-refractivity contribution in [2.45, 2.75) is 37.6 Å². The zero-order valence-electron chi connectivity index (χ0n) is 20.6. The molecule has 2 atom stereocenters. The van der Waals surface area contributed by atoms with Gasteiger partial charge in [-0.2, -0.15) is 0 Å². The topological polar surface area (TPSA) is 49.0 Å². The molecule has 0 fully saturated rings. The highest BCUT2D eigenvalue weighted by molar-refractivity contribution is 5.43. The van der Waals surface area contributed by atoms with Crippen LogP contribution in [0.3, 0.4) is 0 Å². The first kappa shape index (κ1) is 24.0. The molecule has 4 rings (SSSR count). The highest BCUT2D eigenvalue weighted by Gasteiger charge is 2.29. The van der Waals surface area contributed by atoms with E-state index < -0.39 is 0 Å². The second-order valence-corrected chi connectivity index (χ2v) is 8.76. The third-order valence-corrected chi connectivity index (χ3v) is 6.84. The molecule has 0 aromatic heterocycles. The minimum Gasteiger partial charge on any atom is -0.497 e. The van der Waals surface area contributed by atoms with Gasteiger partial charge in [0, 0.05) is 12.0 Å². The Morgan fingerprint density at radius 2 is 1.44 bits per heavy atom. The number of rotatable bonds is 10. The van der Waals surface area contributed by atoms with Crippen molar-refractivity contribution in [3.8, 4) is 23.0 Å². The molecule has 3 aromatic carbocycles. The van der Waals surface area contributed by atoms with Gasteiger partial charge in [-0.15, -0.1) is 0 Å². The van der Waals surface area contributed by atoms with Crippen LogP contribution in [0.4, 0.5) is 0 Å². The molecule has 0 heterocycles. The molecular weight excluding hydrogens is 426 g/mol. The minimum absolute atomic E-state index is 0.397. The van der Waals surface area contributed by atoms with Crippen molar-refractivity contribution in [1.82, 2.24) is 5.32 Å². The molecule has 3 aromatic rings. The van der Waals surface area contributed by atoms with E-state index >= 15 is 0 Å². The summed E-state index contributed by atoms with van der Waals surface area (Å²) in [6.07, 6.45) is 4.07. The van der Waals surface area contributed by atoms with Gasteiger partial charge in [-0.1, -0.05) is 24.3 Å². The largest absolute Gasteiger partial charge is 0.497 e. The zero-order valence-corrected chi connectivity index (χ0v) is 20.6. The molecule has 0 radical (unpaired) electrons. The molecule has 2 unspecified atom stereocenters. The Kier molecular flexibility index (Phi) is 7.96. The van der Waals surface area contributed by atoms with E-state index in [0.717, 1.165) is 55.2 Å². The van der Waals surface area contributed by atoms with E-state index in [2.05, 4.69) is 47.8 Å². The molecule has 0 saturated heterocycles. The lowest BCUT2D eigenvalue weighted by atomic mass is 9.76. The van der Waals surface area contributed by atoms with Crippen molar-refractivity contribution < 1.29 is 18.9 Å². The predicted molar refractivity (Wildman–Crippen MR) is 136 cm³/mol. The maximum Gasteiger partial charge on any atom is 0.160 e. The number of nitrogens with one attached hydrogen (secondary N) is 1. The Morgan fingerprint density at radius 3 is 2.15 bits per heavy atom. The Bertz CT molecular complexity index is 1080. The molecule has 1 aliphatic carbocycles. The fourth-order valence-corrected chi connectivity index (χ4v) is 4.97. The summed E-state index contributed by atoms with van der Waals surface area (Å²) >= 11 is 0. The molecule has 180 valence electrons. The fraction of sp³-hybridized carbons (Fsp3) is 0.379. The number of fused-ring (bicyclic) bond motifs is 1. The van der Waals surface area contributed by atoms with Gasteiger partial charge in [0.15, 0.2) is 11.5 Å². The quantitative estimate of drug-likeness (QED) is 0.450. The van der Waals surface area contributed by atoms with Gasteiger partial charge >= 0.3 is 0 Å². The molecular formula is C29H35NO4. The van der Waals surface area contributed by atoms with Gasteiger partial charge in [-0.25, -0.2) is 0 Å². The van der Waals surface area contributed by atoms with Crippen LogP contribution in [-0.4, -0.2) is 41.0 Å². The number of aryl methyl sites for hydroxylation is 1. The normalized spacial score (nSPS) is 17.1. The summed E-state index contributed by atoms with van der Waals surface area (Å²) in [5.74, 6) is 3.76. The summed E-state index contributed by atoms with van der Waals surface area (Å²) in [6, 6.07) is 21.6. The highest BCUT2D eigenvalue weighted by Crippen LogP contribution is 2.36. The van der Waals surface area contributed by atoms with Crippen molar-refractivity contribution in [2.75, 3.05) is 35.0 Å². The van der Waals surface area contributed by atoms with E-state index in [0.29, 0.717) is 12.0 Å².